The summed E-state index contributed by atoms with van der Waals surface area (Å²) in [6, 6.07) is 11.2. The van der Waals surface area contributed by atoms with Crippen LogP contribution in [0, 0.1) is 16.7 Å². The van der Waals surface area contributed by atoms with Gasteiger partial charge in [0.05, 0.1) is 11.5 Å². The molecule has 0 fully saturated rings. The minimum atomic E-state index is -0.311. The van der Waals surface area contributed by atoms with Gasteiger partial charge in [0.1, 0.15) is 0 Å². The summed E-state index contributed by atoms with van der Waals surface area (Å²) >= 11 is 0. The van der Waals surface area contributed by atoms with E-state index in [1.165, 1.54) is 11.1 Å². The van der Waals surface area contributed by atoms with Crippen LogP contribution in [0.5, 0.6) is 0 Å². The third kappa shape index (κ3) is 3.10. The fourth-order valence-electron chi connectivity index (χ4n) is 2.29. The molecule has 1 aromatic rings. The van der Waals surface area contributed by atoms with Gasteiger partial charge in [-0.1, -0.05) is 24.3 Å². The molecule has 18 heavy (non-hydrogen) atoms. The molecule has 1 heterocycles. The van der Waals surface area contributed by atoms with Crippen molar-refractivity contribution in [3.05, 3.63) is 35.4 Å². The van der Waals surface area contributed by atoms with Crippen molar-refractivity contribution in [1.82, 2.24) is 10.6 Å². The van der Waals surface area contributed by atoms with Crippen LogP contribution in [0.15, 0.2) is 24.3 Å². The highest BCUT2D eigenvalue weighted by molar-refractivity contribution is 5.31. The summed E-state index contributed by atoms with van der Waals surface area (Å²) in [6.45, 7) is 6.62. The number of hydrogen-bond donors (Lipinski definition) is 2. The van der Waals surface area contributed by atoms with Crippen molar-refractivity contribution in [1.29, 1.82) is 5.26 Å². The molecule has 3 heteroatoms. The summed E-state index contributed by atoms with van der Waals surface area (Å²) in [4.78, 5) is 0. The maximum Gasteiger partial charge on any atom is 0.0697 e. The lowest BCUT2D eigenvalue weighted by molar-refractivity contribution is 0.393. The third-order valence-corrected chi connectivity index (χ3v) is 3.45. The second-order valence-corrected chi connectivity index (χ2v) is 5.59. The van der Waals surface area contributed by atoms with Crippen molar-refractivity contribution in [3.8, 4) is 6.07 Å². The lowest BCUT2D eigenvalue weighted by Gasteiger charge is -2.23. The lowest BCUT2D eigenvalue weighted by atomic mass is 9.93. The minimum absolute atomic E-state index is 0.311. The molecule has 0 saturated heterocycles. The summed E-state index contributed by atoms with van der Waals surface area (Å²) < 4.78 is 0. The van der Waals surface area contributed by atoms with Crippen molar-refractivity contribution in [2.75, 3.05) is 13.1 Å². The van der Waals surface area contributed by atoms with Gasteiger partial charge in [-0.05, 0) is 37.9 Å². The van der Waals surface area contributed by atoms with Gasteiger partial charge < -0.3 is 10.6 Å². The minimum Gasteiger partial charge on any atom is -0.313 e. The molecule has 0 aromatic heterocycles. The Hall–Kier alpha value is -1.37. The van der Waals surface area contributed by atoms with E-state index in [0.29, 0.717) is 6.04 Å². The van der Waals surface area contributed by atoms with Crippen molar-refractivity contribution in [3.63, 3.8) is 0 Å². The van der Waals surface area contributed by atoms with Crippen LogP contribution in [0.3, 0.4) is 0 Å². The summed E-state index contributed by atoms with van der Waals surface area (Å²) in [5.74, 6) is 0. The number of benzene rings is 1. The SMILES string of the molecule is CC(C)(C#N)CNC1CCNCc2ccccc21. The van der Waals surface area contributed by atoms with Crippen LogP contribution >= 0.6 is 0 Å². The molecule has 2 N–H and O–H groups in total. The Labute approximate surface area is 109 Å². The normalized spacial score (nSPS) is 19.7. The largest absolute Gasteiger partial charge is 0.313 e. The van der Waals surface area contributed by atoms with Crippen molar-refractivity contribution >= 4 is 0 Å². The molecular weight excluding hydrogens is 222 g/mol. The quantitative estimate of drug-likeness (QED) is 0.856. The first-order valence-electron chi connectivity index (χ1n) is 6.55. The van der Waals surface area contributed by atoms with Gasteiger partial charge in [-0.3, -0.25) is 0 Å². The van der Waals surface area contributed by atoms with Gasteiger partial charge in [-0.2, -0.15) is 5.26 Å². The van der Waals surface area contributed by atoms with Crippen molar-refractivity contribution in [2.45, 2.75) is 32.9 Å². The zero-order valence-corrected chi connectivity index (χ0v) is 11.2. The van der Waals surface area contributed by atoms with E-state index in [1.807, 2.05) is 13.8 Å². The number of nitrogens with one attached hydrogen (secondary N) is 2. The molecule has 96 valence electrons. The van der Waals surface area contributed by atoms with Crippen molar-refractivity contribution < 1.29 is 0 Å². The zero-order chi connectivity index (χ0) is 13.0. The number of fused-ring (bicyclic) bond motifs is 1. The van der Waals surface area contributed by atoms with Gasteiger partial charge in [-0.15, -0.1) is 0 Å². The highest BCUT2D eigenvalue weighted by Crippen LogP contribution is 2.24. The Kier molecular flexibility index (Phi) is 4.00. The van der Waals surface area contributed by atoms with E-state index in [0.717, 1.165) is 26.1 Å². The van der Waals surface area contributed by atoms with E-state index in [2.05, 4.69) is 41.0 Å². The summed E-state index contributed by atoms with van der Waals surface area (Å²) in [5, 5.41) is 16.1. The molecule has 0 bridgehead atoms. The van der Waals surface area contributed by atoms with Gasteiger partial charge in [0, 0.05) is 19.1 Å². The molecule has 1 aliphatic rings. The van der Waals surface area contributed by atoms with Gasteiger partial charge in [0.15, 0.2) is 0 Å². The van der Waals surface area contributed by atoms with Gasteiger partial charge in [-0.25, -0.2) is 0 Å². The smallest absolute Gasteiger partial charge is 0.0697 e. The van der Waals surface area contributed by atoms with E-state index in [1.54, 1.807) is 0 Å². The van der Waals surface area contributed by atoms with Crippen LogP contribution in [0.2, 0.25) is 0 Å². The van der Waals surface area contributed by atoms with E-state index in [4.69, 9.17) is 5.26 Å². The lowest BCUT2D eigenvalue weighted by Crippen LogP contribution is -2.32. The predicted molar refractivity (Wildman–Crippen MR) is 72.9 cm³/mol. The average molecular weight is 243 g/mol. The fraction of sp³-hybridized carbons (Fsp3) is 0.533. The average Bonchev–Trinajstić information content (AvgIpc) is 2.59. The first-order valence-corrected chi connectivity index (χ1v) is 6.55. The topological polar surface area (TPSA) is 47.9 Å². The molecule has 3 nitrogen and oxygen atoms in total. The Morgan fingerprint density at radius 2 is 2.22 bits per heavy atom. The number of nitrogens with zero attached hydrogens (tertiary/aromatic N) is 1. The first-order chi connectivity index (χ1) is 8.62. The van der Waals surface area contributed by atoms with Gasteiger partial charge in [0.25, 0.3) is 0 Å². The molecule has 0 aliphatic carbocycles. The van der Waals surface area contributed by atoms with Crippen LogP contribution in [0.1, 0.15) is 37.4 Å². The Morgan fingerprint density at radius 3 is 3.00 bits per heavy atom. The molecule has 1 unspecified atom stereocenters. The molecule has 1 aliphatic heterocycles. The maximum atomic E-state index is 9.07. The van der Waals surface area contributed by atoms with Gasteiger partial charge >= 0.3 is 0 Å². The van der Waals surface area contributed by atoms with Crippen LogP contribution < -0.4 is 10.6 Å². The van der Waals surface area contributed by atoms with Crippen LogP contribution in [0.25, 0.3) is 0 Å². The molecule has 2 rings (SSSR count). The summed E-state index contributed by atoms with van der Waals surface area (Å²) in [5.41, 5.74) is 2.42. The van der Waals surface area contributed by atoms with Crippen LogP contribution in [-0.2, 0) is 6.54 Å². The number of rotatable bonds is 3. The molecule has 0 spiro atoms. The number of nitriles is 1. The molecule has 1 aromatic carbocycles. The van der Waals surface area contributed by atoms with Crippen LogP contribution in [-0.4, -0.2) is 13.1 Å². The summed E-state index contributed by atoms with van der Waals surface area (Å²) in [7, 11) is 0. The van der Waals surface area contributed by atoms with E-state index in [-0.39, 0.29) is 5.41 Å². The second kappa shape index (κ2) is 5.51. The van der Waals surface area contributed by atoms with E-state index >= 15 is 0 Å². The van der Waals surface area contributed by atoms with E-state index in [9.17, 15) is 0 Å². The Morgan fingerprint density at radius 1 is 1.44 bits per heavy atom. The second-order valence-electron chi connectivity index (χ2n) is 5.59. The molecule has 1 atom stereocenters. The highest BCUT2D eigenvalue weighted by Gasteiger charge is 2.22. The third-order valence-electron chi connectivity index (χ3n) is 3.45. The predicted octanol–water partition coefficient (Wildman–Crippen LogP) is 2.36. The molecule has 0 amide bonds. The first kappa shape index (κ1) is 13.1. The molecular formula is C15H21N3. The zero-order valence-electron chi connectivity index (χ0n) is 11.2. The molecule has 0 radical (unpaired) electrons. The van der Waals surface area contributed by atoms with Crippen molar-refractivity contribution in [2.24, 2.45) is 5.41 Å². The highest BCUT2D eigenvalue weighted by atomic mass is 15.0. The van der Waals surface area contributed by atoms with Gasteiger partial charge in [0.2, 0.25) is 0 Å². The monoisotopic (exact) mass is 243 g/mol. The van der Waals surface area contributed by atoms with E-state index < -0.39 is 0 Å². The standard InChI is InChI=1S/C15H21N3/c1-15(2,10-16)11-18-14-7-8-17-9-12-5-3-4-6-13(12)14/h3-6,14,17-18H,7-9,11H2,1-2H3. The maximum absolute atomic E-state index is 9.07. The molecule has 0 saturated carbocycles. The number of hydrogen-bond acceptors (Lipinski definition) is 3. The van der Waals surface area contributed by atoms with Crippen LogP contribution in [0.4, 0.5) is 0 Å². The fourth-order valence-corrected chi connectivity index (χ4v) is 2.29. The Bertz CT molecular complexity index is 445. The Balaban J connectivity index is 2.11. The summed E-state index contributed by atoms with van der Waals surface area (Å²) in [6.07, 6.45) is 1.07.